The van der Waals surface area contributed by atoms with Gasteiger partial charge < -0.3 is 5.32 Å². The number of guanidine groups is 1. The minimum Gasteiger partial charge on any atom is -0.324 e. The van der Waals surface area contributed by atoms with Gasteiger partial charge >= 0.3 is 0 Å². The molecule has 96 valence electrons. The molecular weight excluding hydrogens is 226 g/mol. The van der Waals surface area contributed by atoms with Crippen molar-refractivity contribution in [2.24, 2.45) is 10.4 Å². The van der Waals surface area contributed by atoms with Gasteiger partial charge in [0.2, 0.25) is 5.96 Å². The van der Waals surface area contributed by atoms with E-state index in [4.69, 9.17) is 5.26 Å². The summed E-state index contributed by atoms with van der Waals surface area (Å²) in [5.41, 5.74) is 0.832. The summed E-state index contributed by atoms with van der Waals surface area (Å²) in [4.78, 5) is 8.47. The molecule has 18 heavy (non-hydrogen) atoms. The van der Waals surface area contributed by atoms with E-state index in [2.05, 4.69) is 41.4 Å². The third kappa shape index (κ3) is 4.42. The van der Waals surface area contributed by atoms with Gasteiger partial charge in [-0.2, -0.15) is 5.26 Å². The maximum Gasteiger partial charge on any atom is 0.209 e. The van der Waals surface area contributed by atoms with Crippen molar-refractivity contribution in [1.82, 2.24) is 10.3 Å². The largest absolute Gasteiger partial charge is 0.324 e. The van der Waals surface area contributed by atoms with Crippen molar-refractivity contribution in [1.29, 1.82) is 5.26 Å². The van der Waals surface area contributed by atoms with Gasteiger partial charge in [-0.05, 0) is 24.5 Å². The molecule has 0 unspecified atom stereocenters. The molecule has 1 rings (SSSR count). The molecule has 1 aromatic heterocycles. The normalized spacial score (nSPS) is 13.6. The molecule has 2 N–H and O–H groups in total. The van der Waals surface area contributed by atoms with Crippen LogP contribution in [0.3, 0.4) is 0 Å². The van der Waals surface area contributed by atoms with Gasteiger partial charge in [0, 0.05) is 6.20 Å². The van der Waals surface area contributed by atoms with Crippen LogP contribution in [0.5, 0.6) is 0 Å². The van der Waals surface area contributed by atoms with E-state index >= 15 is 0 Å². The minimum absolute atomic E-state index is 0.0407. The highest BCUT2D eigenvalue weighted by molar-refractivity contribution is 5.94. The van der Waals surface area contributed by atoms with Gasteiger partial charge in [0.1, 0.15) is 0 Å². The molecule has 0 aliphatic heterocycles. The Labute approximate surface area is 108 Å². The molecule has 0 radical (unpaired) electrons. The lowest BCUT2D eigenvalue weighted by Gasteiger charge is -2.24. The van der Waals surface area contributed by atoms with Gasteiger partial charge in [0.25, 0.3) is 0 Å². The first-order chi connectivity index (χ1) is 8.43. The zero-order chi connectivity index (χ0) is 13.6. The zero-order valence-electron chi connectivity index (χ0n) is 11.2. The van der Waals surface area contributed by atoms with Crippen molar-refractivity contribution < 1.29 is 0 Å². The van der Waals surface area contributed by atoms with E-state index in [1.54, 1.807) is 12.4 Å². The average molecular weight is 245 g/mol. The molecule has 1 atom stereocenters. The molecule has 0 aromatic carbocycles. The van der Waals surface area contributed by atoms with Crippen molar-refractivity contribution in [3.63, 3.8) is 0 Å². The fourth-order valence-electron chi connectivity index (χ4n) is 1.11. The SMILES string of the molecule is C[C@H](N=C(NC#N)Nc1cccnc1)C(C)(C)C. The van der Waals surface area contributed by atoms with E-state index in [0.717, 1.165) is 5.69 Å². The van der Waals surface area contributed by atoms with Crippen LogP contribution < -0.4 is 10.6 Å². The molecular formula is C13H19N5. The highest BCUT2D eigenvalue weighted by Gasteiger charge is 2.19. The number of hydrogen-bond acceptors (Lipinski definition) is 3. The van der Waals surface area contributed by atoms with Crippen molar-refractivity contribution in [2.45, 2.75) is 33.7 Å². The lowest BCUT2D eigenvalue weighted by Crippen LogP contribution is -2.31. The number of aromatic nitrogens is 1. The van der Waals surface area contributed by atoms with Gasteiger partial charge in [-0.15, -0.1) is 0 Å². The van der Waals surface area contributed by atoms with Gasteiger partial charge in [0.05, 0.1) is 17.9 Å². The Balaban J connectivity index is 2.84. The summed E-state index contributed by atoms with van der Waals surface area (Å²) in [6.45, 7) is 8.34. The lowest BCUT2D eigenvalue weighted by molar-refractivity contribution is 0.341. The topological polar surface area (TPSA) is 73.1 Å². The fraction of sp³-hybridized carbons (Fsp3) is 0.462. The van der Waals surface area contributed by atoms with Crippen LogP contribution in [0.2, 0.25) is 0 Å². The summed E-state index contributed by atoms with van der Waals surface area (Å²) in [7, 11) is 0. The molecule has 0 saturated carbocycles. The Hall–Kier alpha value is -2.09. The summed E-state index contributed by atoms with van der Waals surface area (Å²) >= 11 is 0. The van der Waals surface area contributed by atoms with Crippen LogP contribution in [0.25, 0.3) is 0 Å². The molecule has 5 heteroatoms. The Morgan fingerprint density at radius 2 is 2.22 bits per heavy atom. The molecule has 0 saturated heterocycles. The number of pyridine rings is 1. The van der Waals surface area contributed by atoms with Crippen LogP contribution in [0, 0.1) is 16.9 Å². The molecule has 0 aliphatic rings. The Morgan fingerprint density at radius 1 is 1.50 bits per heavy atom. The van der Waals surface area contributed by atoms with E-state index in [1.165, 1.54) is 0 Å². The van der Waals surface area contributed by atoms with Crippen LogP contribution in [0.15, 0.2) is 29.5 Å². The summed E-state index contributed by atoms with van der Waals surface area (Å²) in [6.07, 6.45) is 5.25. The fourth-order valence-corrected chi connectivity index (χ4v) is 1.11. The standard InChI is InChI=1S/C13H19N5/c1-10(13(2,3)4)17-12(16-9-14)18-11-6-5-7-15-8-11/h5-8,10H,1-4H3,(H2,16,17,18)/t10-/m0/s1. The summed E-state index contributed by atoms with van der Waals surface area (Å²) in [5, 5.41) is 14.3. The maximum absolute atomic E-state index is 8.73. The van der Waals surface area contributed by atoms with Crippen LogP contribution in [-0.2, 0) is 0 Å². The number of anilines is 1. The second-order valence-corrected chi connectivity index (χ2v) is 5.12. The first-order valence-electron chi connectivity index (χ1n) is 5.83. The first-order valence-corrected chi connectivity index (χ1v) is 5.83. The van der Waals surface area contributed by atoms with Crippen LogP contribution in [0.4, 0.5) is 5.69 Å². The summed E-state index contributed by atoms with van der Waals surface area (Å²) in [5.74, 6) is 0.438. The number of rotatable bonds is 2. The van der Waals surface area contributed by atoms with Crippen molar-refractivity contribution in [3.05, 3.63) is 24.5 Å². The molecule has 0 fully saturated rings. The van der Waals surface area contributed by atoms with Gasteiger partial charge in [-0.1, -0.05) is 20.8 Å². The van der Waals surface area contributed by atoms with E-state index in [-0.39, 0.29) is 11.5 Å². The van der Waals surface area contributed by atoms with Crippen LogP contribution in [0.1, 0.15) is 27.7 Å². The van der Waals surface area contributed by atoms with Crippen molar-refractivity contribution >= 4 is 11.6 Å². The minimum atomic E-state index is 0.0407. The summed E-state index contributed by atoms with van der Waals surface area (Å²) in [6, 6.07) is 3.76. The molecule has 1 heterocycles. The van der Waals surface area contributed by atoms with E-state index < -0.39 is 0 Å². The van der Waals surface area contributed by atoms with Gasteiger partial charge in [0.15, 0.2) is 6.19 Å². The summed E-state index contributed by atoms with van der Waals surface area (Å²) < 4.78 is 0. The Morgan fingerprint density at radius 3 is 2.72 bits per heavy atom. The first kappa shape index (κ1) is 14.0. The van der Waals surface area contributed by atoms with Crippen molar-refractivity contribution in [3.8, 4) is 6.19 Å². The van der Waals surface area contributed by atoms with Gasteiger partial charge in [-0.25, -0.2) is 4.99 Å². The number of nitrogens with zero attached hydrogens (tertiary/aromatic N) is 3. The lowest BCUT2D eigenvalue weighted by atomic mass is 9.88. The Kier molecular flexibility index (Phi) is 4.67. The molecule has 1 aromatic rings. The molecule has 0 aliphatic carbocycles. The quantitative estimate of drug-likeness (QED) is 0.363. The molecule has 0 bridgehead atoms. The highest BCUT2D eigenvalue weighted by atomic mass is 15.2. The molecule has 0 amide bonds. The maximum atomic E-state index is 8.73. The molecule has 5 nitrogen and oxygen atoms in total. The van der Waals surface area contributed by atoms with Crippen LogP contribution in [-0.4, -0.2) is 17.0 Å². The third-order valence-electron chi connectivity index (χ3n) is 2.67. The number of hydrogen-bond donors (Lipinski definition) is 2. The van der Waals surface area contributed by atoms with E-state index in [9.17, 15) is 0 Å². The zero-order valence-corrected chi connectivity index (χ0v) is 11.2. The average Bonchev–Trinajstić information content (AvgIpc) is 2.29. The van der Waals surface area contributed by atoms with E-state index in [1.807, 2.05) is 25.2 Å². The van der Waals surface area contributed by atoms with Gasteiger partial charge in [-0.3, -0.25) is 10.3 Å². The Bertz CT molecular complexity index is 439. The smallest absolute Gasteiger partial charge is 0.209 e. The van der Waals surface area contributed by atoms with E-state index in [0.29, 0.717) is 5.96 Å². The third-order valence-corrected chi connectivity index (χ3v) is 2.67. The predicted molar refractivity (Wildman–Crippen MR) is 73.0 cm³/mol. The predicted octanol–water partition coefficient (Wildman–Crippen LogP) is 2.35. The highest BCUT2D eigenvalue weighted by Crippen LogP contribution is 2.21. The van der Waals surface area contributed by atoms with Crippen LogP contribution >= 0.6 is 0 Å². The second-order valence-electron chi connectivity index (χ2n) is 5.12. The van der Waals surface area contributed by atoms with Crippen molar-refractivity contribution in [2.75, 3.05) is 5.32 Å². The molecule has 0 spiro atoms. The number of aliphatic imine (C=N–C) groups is 1. The monoisotopic (exact) mass is 245 g/mol. The number of nitriles is 1. The number of nitrogens with one attached hydrogen (secondary N) is 2. The second kappa shape index (κ2) is 6.01.